The van der Waals surface area contributed by atoms with Gasteiger partial charge in [0.15, 0.2) is 0 Å². The van der Waals surface area contributed by atoms with E-state index in [4.69, 9.17) is 0 Å². The first-order valence-electron chi connectivity index (χ1n) is 7.00. The molecular formula is C16H25NS. The van der Waals surface area contributed by atoms with Crippen LogP contribution in [-0.2, 0) is 6.54 Å². The van der Waals surface area contributed by atoms with E-state index in [0.717, 1.165) is 17.8 Å². The normalized spacial score (nSPS) is 24.2. The van der Waals surface area contributed by atoms with E-state index in [2.05, 4.69) is 43.6 Å². The van der Waals surface area contributed by atoms with Crippen molar-refractivity contribution in [2.75, 3.05) is 6.26 Å². The van der Waals surface area contributed by atoms with Gasteiger partial charge in [-0.3, -0.25) is 0 Å². The molecule has 1 aliphatic rings. The Labute approximate surface area is 116 Å². The van der Waals surface area contributed by atoms with Gasteiger partial charge in [0, 0.05) is 17.8 Å². The molecular weight excluding hydrogens is 238 g/mol. The third-order valence-corrected chi connectivity index (χ3v) is 4.93. The van der Waals surface area contributed by atoms with Crippen LogP contribution in [0.4, 0.5) is 0 Å². The maximum absolute atomic E-state index is 3.74. The second kappa shape index (κ2) is 6.63. The highest BCUT2D eigenvalue weighted by molar-refractivity contribution is 7.99. The van der Waals surface area contributed by atoms with Crippen molar-refractivity contribution in [3.8, 4) is 0 Å². The molecule has 0 heterocycles. The number of thioether (sulfide) groups is 1. The molecule has 0 aliphatic heterocycles. The molecule has 1 N–H and O–H groups in total. The fourth-order valence-corrected chi connectivity index (χ4v) is 3.80. The van der Waals surface area contributed by atoms with Crippen LogP contribution in [0.2, 0.25) is 0 Å². The zero-order chi connectivity index (χ0) is 13.0. The van der Waals surface area contributed by atoms with Crippen molar-refractivity contribution in [3.63, 3.8) is 0 Å². The van der Waals surface area contributed by atoms with Gasteiger partial charge in [0.2, 0.25) is 0 Å². The van der Waals surface area contributed by atoms with Gasteiger partial charge in [-0.25, -0.2) is 0 Å². The molecule has 2 rings (SSSR count). The van der Waals surface area contributed by atoms with E-state index in [1.807, 2.05) is 11.8 Å². The minimum Gasteiger partial charge on any atom is -0.310 e. The molecule has 100 valence electrons. The molecule has 1 aliphatic carbocycles. The Hall–Kier alpha value is -0.470. The summed E-state index contributed by atoms with van der Waals surface area (Å²) in [6.45, 7) is 5.38. The third kappa shape index (κ3) is 4.03. The Morgan fingerprint density at radius 3 is 2.56 bits per heavy atom. The number of rotatable bonds is 4. The van der Waals surface area contributed by atoms with E-state index in [1.165, 1.54) is 42.4 Å². The molecule has 1 aromatic carbocycles. The Kier molecular flexibility index (Phi) is 5.13. The monoisotopic (exact) mass is 263 g/mol. The summed E-state index contributed by atoms with van der Waals surface area (Å²) in [6.07, 6.45) is 7.73. The molecule has 1 aromatic rings. The molecule has 1 nitrogen and oxygen atoms in total. The van der Waals surface area contributed by atoms with Crippen LogP contribution in [0.25, 0.3) is 0 Å². The highest BCUT2D eigenvalue weighted by Crippen LogP contribution is 2.27. The zero-order valence-electron chi connectivity index (χ0n) is 11.8. The van der Waals surface area contributed by atoms with Crippen LogP contribution >= 0.6 is 11.8 Å². The Morgan fingerprint density at radius 2 is 1.89 bits per heavy atom. The summed E-state index contributed by atoms with van der Waals surface area (Å²) in [5, 5.41) is 4.61. The topological polar surface area (TPSA) is 12.0 Å². The zero-order valence-corrected chi connectivity index (χ0v) is 12.6. The summed E-state index contributed by atoms with van der Waals surface area (Å²) >= 11 is 2.04. The van der Waals surface area contributed by atoms with Crippen molar-refractivity contribution in [1.82, 2.24) is 5.32 Å². The summed E-state index contributed by atoms with van der Waals surface area (Å²) in [5.41, 5.74) is 4.17. The van der Waals surface area contributed by atoms with E-state index < -0.39 is 0 Å². The van der Waals surface area contributed by atoms with Crippen LogP contribution in [0.3, 0.4) is 0 Å². The first-order chi connectivity index (χ1) is 8.67. The van der Waals surface area contributed by atoms with Crippen molar-refractivity contribution in [2.24, 2.45) is 0 Å². The lowest BCUT2D eigenvalue weighted by Gasteiger charge is -2.29. The highest BCUT2D eigenvalue weighted by atomic mass is 32.2. The van der Waals surface area contributed by atoms with Gasteiger partial charge in [-0.05, 0) is 44.9 Å². The van der Waals surface area contributed by atoms with Crippen LogP contribution in [0.15, 0.2) is 18.2 Å². The second-order valence-electron chi connectivity index (χ2n) is 5.60. The summed E-state index contributed by atoms with van der Waals surface area (Å²) in [6, 6.07) is 7.56. The second-order valence-corrected chi connectivity index (χ2v) is 6.74. The number of aryl methyl sites for hydroxylation is 2. The molecule has 0 amide bonds. The van der Waals surface area contributed by atoms with E-state index in [-0.39, 0.29) is 0 Å². The van der Waals surface area contributed by atoms with Crippen LogP contribution in [0.5, 0.6) is 0 Å². The summed E-state index contributed by atoms with van der Waals surface area (Å²) < 4.78 is 0. The van der Waals surface area contributed by atoms with Crippen LogP contribution in [-0.4, -0.2) is 17.5 Å². The molecule has 0 bridgehead atoms. The average Bonchev–Trinajstić information content (AvgIpc) is 2.35. The fourth-order valence-electron chi connectivity index (χ4n) is 2.98. The Bertz CT molecular complexity index is 368. The molecule has 0 saturated heterocycles. The number of hydrogen-bond acceptors (Lipinski definition) is 2. The minimum atomic E-state index is 0.719. The standard InChI is InChI=1S/C16H25NS/c1-12-7-13(2)9-14(8-12)11-17-15-5-4-6-16(10-15)18-3/h7-9,15-17H,4-6,10-11H2,1-3H3. The molecule has 2 heteroatoms. The van der Waals surface area contributed by atoms with Gasteiger partial charge in [-0.2, -0.15) is 11.8 Å². The van der Waals surface area contributed by atoms with E-state index in [0.29, 0.717) is 0 Å². The van der Waals surface area contributed by atoms with Gasteiger partial charge in [-0.1, -0.05) is 35.7 Å². The molecule has 2 atom stereocenters. The van der Waals surface area contributed by atoms with Crippen molar-refractivity contribution < 1.29 is 0 Å². The summed E-state index contributed by atoms with van der Waals surface area (Å²) in [7, 11) is 0. The maximum Gasteiger partial charge on any atom is 0.0208 e. The van der Waals surface area contributed by atoms with Crippen molar-refractivity contribution in [2.45, 2.75) is 57.4 Å². The van der Waals surface area contributed by atoms with Gasteiger partial charge in [0.25, 0.3) is 0 Å². The van der Waals surface area contributed by atoms with Gasteiger partial charge < -0.3 is 5.32 Å². The minimum absolute atomic E-state index is 0.719. The van der Waals surface area contributed by atoms with E-state index in [9.17, 15) is 0 Å². The van der Waals surface area contributed by atoms with Crippen LogP contribution in [0, 0.1) is 13.8 Å². The molecule has 1 saturated carbocycles. The third-order valence-electron chi connectivity index (χ3n) is 3.84. The first kappa shape index (κ1) is 14.0. The van der Waals surface area contributed by atoms with E-state index >= 15 is 0 Å². The van der Waals surface area contributed by atoms with Crippen molar-refractivity contribution in [1.29, 1.82) is 0 Å². The number of hydrogen-bond donors (Lipinski definition) is 1. The predicted molar refractivity (Wildman–Crippen MR) is 82.3 cm³/mol. The van der Waals surface area contributed by atoms with Gasteiger partial charge >= 0.3 is 0 Å². The van der Waals surface area contributed by atoms with Crippen LogP contribution in [0.1, 0.15) is 42.4 Å². The molecule has 0 spiro atoms. The number of benzene rings is 1. The molecule has 18 heavy (non-hydrogen) atoms. The van der Waals surface area contributed by atoms with Gasteiger partial charge in [0.05, 0.1) is 0 Å². The largest absolute Gasteiger partial charge is 0.310 e. The number of nitrogens with one attached hydrogen (secondary N) is 1. The predicted octanol–water partition coefficient (Wildman–Crippen LogP) is 4.07. The highest BCUT2D eigenvalue weighted by Gasteiger charge is 2.20. The smallest absolute Gasteiger partial charge is 0.0208 e. The van der Waals surface area contributed by atoms with Crippen molar-refractivity contribution >= 4 is 11.8 Å². The molecule has 1 fully saturated rings. The lowest BCUT2D eigenvalue weighted by atomic mass is 9.94. The molecule has 0 aromatic heterocycles. The van der Waals surface area contributed by atoms with Gasteiger partial charge in [0.1, 0.15) is 0 Å². The average molecular weight is 263 g/mol. The van der Waals surface area contributed by atoms with Crippen molar-refractivity contribution in [3.05, 3.63) is 34.9 Å². The summed E-state index contributed by atoms with van der Waals surface area (Å²) in [4.78, 5) is 0. The summed E-state index contributed by atoms with van der Waals surface area (Å²) in [5.74, 6) is 0. The van der Waals surface area contributed by atoms with E-state index in [1.54, 1.807) is 0 Å². The SMILES string of the molecule is CSC1CCCC(NCc2cc(C)cc(C)c2)C1. The molecule has 2 unspecified atom stereocenters. The Balaban J connectivity index is 1.87. The molecule has 0 radical (unpaired) electrons. The quantitative estimate of drug-likeness (QED) is 0.879. The lowest BCUT2D eigenvalue weighted by molar-refractivity contribution is 0.380. The maximum atomic E-state index is 3.74. The first-order valence-corrected chi connectivity index (χ1v) is 8.29. The Morgan fingerprint density at radius 1 is 1.17 bits per heavy atom. The fraction of sp³-hybridized carbons (Fsp3) is 0.625. The van der Waals surface area contributed by atoms with Gasteiger partial charge in [-0.15, -0.1) is 0 Å². The lowest BCUT2D eigenvalue weighted by Crippen LogP contribution is -2.34. The van der Waals surface area contributed by atoms with Crippen LogP contribution < -0.4 is 5.32 Å².